The summed E-state index contributed by atoms with van der Waals surface area (Å²) >= 11 is 1.35. The van der Waals surface area contributed by atoms with Crippen LogP contribution in [0, 0.1) is 6.92 Å². The van der Waals surface area contributed by atoms with Gasteiger partial charge in [0.05, 0.1) is 0 Å². The Morgan fingerprint density at radius 3 is 2.74 bits per heavy atom. The molecule has 0 aliphatic rings. The number of carbonyl (C=O) groups is 1. The zero-order chi connectivity index (χ0) is 14.0. The number of hydrogen-bond acceptors (Lipinski definition) is 4. The van der Waals surface area contributed by atoms with Crippen LogP contribution in [-0.2, 0) is 0 Å². The third-order valence-electron chi connectivity index (χ3n) is 2.80. The van der Waals surface area contributed by atoms with Crippen molar-refractivity contribution in [1.82, 2.24) is 4.98 Å². The predicted octanol–water partition coefficient (Wildman–Crippen LogP) is 4.02. The van der Waals surface area contributed by atoms with Crippen LogP contribution < -0.4 is 5.32 Å². The lowest BCUT2D eigenvalue weighted by Gasteiger charge is -2.08. The molecule has 1 heterocycles. The van der Waals surface area contributed by atoms with Gasteiger partial charge in [0, 0.05) is 10.6 Å². The van der Waals surface area contributed by atoms with Crippen molar-refractivity contribution < 1.29 is 9.90 Å². The molecule has 0 fully saturated rings. The third-order valence-corrected chi connectivity index (χ3v) is 3.69. The van der Waals surface area contributed by atoms with Gasteiger partial charge in [-0.15, -0.1) is 11.3 Å². The molecule has 4 nitrogen and oxygen atoms in total. The van der Waals surface area contributed by atoms with Gasteiger partial charge in [-0.3, -0.25) is 0 Å². The minimum atomic E-state index is -0.988. The van der Waals surface area contributed by atoms with Gasteiger partial charge in [-0.25, -0.2) is 9.78 Å². The Morgan fingerprint density at radius 1 is 1.42 bits per heavy atom. The number of aromatic carboxylic acids is 1. The molecule has 19 heavy (non-hydrogen) atoms. The molecular formula is C14H16N2O2S. The quantitative estimate of drug-likeness (QED) is 0.885. The second kappa shape index (κ2) is 5.40. The van der Waals surface area contributed by atoms with Gasteiger partial charge >= 0.3 is 5.97 Å². The molecule has 1 aromatic carbocycles. The fourth-order valence-electron chi connectivity index (χ4n) is 1.75. The van der Waals surface area contributed by atoms with E-state index in [9.17, 15) is 4.79 Å². The maximum absolute atomic E-state index is 10.9. The molecule has 1 aromatic heterocycles. The highest BCUT2D eigenvalue weighted by Gasteiger charge is 2.14. The number of aromatic nitrogens is 1. The fraction of sp³-hybridized carbons (Fsp3) is 0.286. The topological polar surface area (TPSA) is 62.2 Å². The minimum absolute atomic E-state index is 0.118. The number of carboxylic acids is 1. The zero-order valence-electron chi connectivity index (χ0n) is 11.1. The molecule has 0 radical (unpaired) electrons. The van der Waals surface area contributed by atoms with E-state index in [4.69, 9.17) is 5.11 Å². The van der Waals surface area contributed by atoms with Crippen molar-refractivity contribution >= 4 is 28.1 Å². The van der Waals surface area contributed by atoms with Gasteiger partial charge in [0.1, 0.15) is 0 Å². The van der Waals surface area contributed by atoms with Crippen molar-refractivity contribution in [2.24, 2.45) is 0 Å². The van der Waals surface area contributed by atoms with Crippen molar-refractivity contribution in [3.8, 4) is 0 Å². The van der Waals surface area contributed by atoms with Gasteiger partial charge < -0.3 is 10.4 Å². The first-order valence-corrected chi connectivity index (χ1v) is 6.86. The average molecular weight is 276 g/mol. The van der Waals surface area contributed by atoms with Gasteiger partial charge in [0.15, 0.2) is 10.8 Å². The number of anilines is 2. The Hall–Kier alpha value is -1.88. The van der Waals surface area contributed by atoms with E-state index in [1.54, 1.807) is 6.92 Å². The SMILES string of the molecule is Cc1sc(Nc2cccc(C(C)C)c2)nc1C(=O)O. The van der Waals surface area contributed by atoms with E-state index < -0.39 is 5.97 Å². The highest BCUT2D eigenvalue weighted by Crippen LogP contribution is 2.27. The molecule has 0 saturated carbocycles. The number of hydrogen-bond donors (Lipinski definition) is 2. The van der Waals surface area contributed by atoms with Gasteiger partial charge in [-0.1, -0.05) is 26.0 Å². The maximum atomic E-state index is 10.9. The lowest BCUT2D eigenvalue weighted by atomic mass is 10.0. The highest BCUT2D eigenvalue weighted by molar-refractivity contribution is 7.15. The molecule has 0 spiro atoms. The van der Waals surface area contributed by atoms with Gasteiger partial charge in [0.2, 0.25) is 0 Å². The molecule has 2 rings (SSSR count). The van der Waals surface area contributed by atoms with Gasteiger partial charge in [-0.05, 0) is 30.5 Å². The van der Waals surface area contributed by atoms with Crippen LogP contribution in [0.1, 0.15) is 40.7 Å². The standard InChI is InChI=1S/C14H16N2O2S/c1-8(2)10-5-4-6-11(7-10)15-14-16-12(13(17)18)9(3)19-14/h4-8H,1-3H3,(H,15,16)(H,17,18). The summed E-state index contributed by atoms with van der Waals surface area (Å²) in [7, 11) is 0. The van der Waals surface area contributed by atoms with Crippen LogP contribution in [0.4, 0.5) is 10.8 Å². The molecule has 0 saturated heterocycles. The first kappa shape index (κ1) is 13.5. The smallest absolute Gasteiger partial charge is 0.355 e. The van der Waals surface area contributed by atoms with Crippen molar-refractivity contribution in [3.05, 3.63) is 40.4 Å². The fourth-order valence-corrected chi connectivity index (χ4v) is 2.57. The van der Waals surface area contributed by atoms with Crippen LogP contribution in [0.5, 0.6) is 0 Å². The summed E-state index contributed by atoms with van der Waals surface area (Å²) < 4.78 is 0. The van der Waals surface area contributed by atoms with Crippen LogP contribution in [0.2, 0.25) is 0 Å². The van der Waals surface area contributed by atoms with Crippen LogP contribution in [-0.4, -0.2) is 16.1 Å². The molecule has 0 amide bonds. The summed E-state index contributed by atoms with van der Waals surface area (Å²) in [5, 5.41) is 12.7. The molecule has 0 aliphatic heterocycles. The van der Waals surface area contributed by atoms with Crippen LogP contribution in [0.15, 0.2) is 24.3 Å². The maximum Gasteiger partial charge on any atom is 0.355 e. The molecule has 0 bridgehead atoms. The second-order valence-electron chi connectivity index (χ2n) is 4.63. The summed E-state index contributed by atoms with van der Waals surface area (Å²) in [6, 6.07) is 8.06. The number of thiazole rings is 1. The van der Waals surface area contributed by atoms with E-state index >= 15 is 0 Å². The van der Waals surface area contributed by atoms with Crippen molar-refractivity contribution in [1.29, 1.82) is 0 Å². The van der Waals surface area contributed by atoms with E-state index in [0.29, 0.717) is 15.9 Å². The number of rotatable bonds is 4. The molecule has 0 atom stereocenters. The predicted molar refractivity (Wildman–Crippen MR) is 77.6 cm³/mol. The lowest BCUT2D eigenvalue weighted by Crippen LogP contribution is -1.99. The molecule has 2 aromatic rings. The number of aryl methyl sites for hydroxylation is 1. The number of nitrogens with one attached hydrogen (secondary N) is 1. The Bertz CT molecular complexity index is 605. The molecule has 0 aliphatic carbocycles. The second-order valence-corrected chi connectivity index (χ2v) is 5.84. The molecule has 2 N–H and O–H groups in total. The average Bonchev–Trinajstić information content (AvgIpc) is 2.70. The Balaban J connectivity index is 2.24. The normalized spacial score (nSPS) is 10.7. The highest BCUT2D eigenvalue weighted by atomic mass is 32.1. The summed E-state index contributed by atoms with van der Waals surface area (Å²) in [4.78, 5) is 15.7. The summed E-state index contributed by atoms with van der Waals surface area (Å²) in [6.45, 7) is 6.03. The minimum Gasteiger partial charge on any atom is -0.476 e. The number of nitrogens with zero attached hydrogens (tertiary/aromatic N) is 1. The first-order valence-electron chi connectivity index (χ1n) is 6.05. The molecule has 100 valence electrons. The van der Waals surface area contributed by atoms with Crippen molar-refractivity contribution in [2.45, 2.75) is 26.7 Å². The summed E-state index contributed by atoms with van der Waals surface area (Å²) in [6.07, 6.45) is 0. The molecule has 0 unspecified atom stereocenters. The van der Waals surface area contributed by atoms with E-state index in [-0.39, 0.29) is 5.69 Å². The van der Waals surface area contributed by atoms with Crippen molar-refractivity contribution in [3.63, 3.8) is 0 Å². The zero-order valence-corrected chi connectivity index (χ0v) is 11.9. The monoisotopic (exact) mass is 276 g/mol. The van der Waals surface area contributed by atoms with Crippen LogP contribution in [0.25, 0.3) is 0 Å². The van der Waals surface area contributed by atoms with Crippen molar-refractivity contribution in [2.75, 3.05) is 5.32 Å². The Morgan fingerprint density at radius 2 is 2.16 bits per heavy atom. The molecular weight excluding hydrogens is 260 g/mol. The largest absolute Gasteiger partial charge is 0.476 e. The summed E-state index contributed by atoms with van der Waals surface area (Å²) in [5.41, 5.74) is 2.28. The summed E-state index contributed by atoms with van der Waals surface area (Å²) in [5.74, 6) is -0.535. The number of benzene rings is 1. The van der Waals surface area contributed by atoms with E-state index in [1.165, 1.54) is 16.9 Å². The Kier molecular flexibility index (Phi) is 3.85. The van der Waals surface area contributed by atoms with Crippen LogP contribution in [0.3, 0.4) is 0 Å². The van der Waals surface area contributed by atoms with E-state index in [1.807, 2.05) is 12.1 Å². The van der Waals surface area contributed by atoms with E-state index in [0.717, 1.165) is 5.69 Å². The van der Waals surface area contributed by atoms with Gasteiger partial charge in [0.25, 0.3) is 0 Å². The van der Waals surface area contributed by atoms with Gasteiger partial charge in [-0.2, -0.15) is 0 Å². The number of carboxylic acid groups (broad SMARTS) is 1. The van der Waals surface area contributed by atoms with Crippen LogP contribution >= 0.6 is 11.3 Å². The molecule has 5 heteroatoms. The lowest BCUT2D eigenvalue weighted by molar-refractivity contribution is 0.0690. The first-order chi connectivity index (χ1) is 8.97. The van der Waals surface area contributed by atoms with E-state index in [2.05, 4.69) is 36.3 Å². The third kappa shape index (κ3) is 3.12. The Labute approximate surface area is 116 Å².